The van der Waals surface area contributed by atoms with Crippen LogP contribution in [0.4, 0.5) is 0 Å². The molecule has 0 atom stereocenters. The second-order valence-electron chi connectivity index (χ2n) is 3.44. The first-order valence-electron chi connectivity index (χ1n) is 5.10. The fourth-order valence-corrected chi connectivity index (χ4v) is 2.78. The Balaban J connectivity index is 2.57. The summed E-state index contributed by atoms with van der Waals surface area (Å²) in [6, 6.07) is 5.48. The molecule has 0 amide bonds. The van der Waals surface area contributed by atoms with Gasteiger partial charge in [0.05, 0.1) is 24.8 Å². The van der Waals surface area contributed by atoms with Crippen molar-refractivity contribution in [1.29, 1.82) is 0 Å². The maximum atomic E-state index is 11.0. The van der Waals surface area contributed by atoms with E-state index in [2.05, 4.69) is 4.98 Å². The molecule has 94 valence electrons. The van der Waals surface area contributed by atoms with Crippen LogP contribution in [0.15, 0.2) is 18.2 Å². The van der Waals surface area contributed by atoms with Crippen LogP contribution in [-0.2, 0) is 0 Å². The molecule has 0 aliphatic rings. The molecule has 0 unspecified atom stereocenters. The molecule has 1 heterocycles. The molecule has 0 spiro atoms. The van der Waals surface area contributed by atoms with E-state index < -0.39 is 0 Å². The molecule has 1 N–H and O–H groups in total. The molecule has 0 aliphatic heterocycles. The maximum Gasteiger partial charge on any atom is 0.167 e. The number of methoxy groups -OCH3 is 2. The highest BCUT2D eigenvalue weighted by Crippen LogP contribution is 2.35. The average Bonchev–Trinajstić information content (AvgIpc) is 2.79. The highest BCUT2D eigenvalue weighted by molar-refractivity contribution is 7.73. The van der Waals surface area contributed by atoms with Gasteiger partial charge < -0.3 is 14.5 Å². The summed E-state index contributed by atoms with van der Waals surface area (Å²) in [6.45, 7) is 0. The Hall–Kier alpha value is -1.66. The lowest BCUT2D eigenvalue weighted by atomic mass is 10.1. The molecule has 0 aliphatic carbocycles. The number of H-pyrrole nitrogens is 1. The van der Waals surface area contributed by atoms with E-state index in [1.807, 2.05) is 12.1 Å². The number of benzene rings is 1. The summed E-state index contributed by atoms with van der Waals surface area (Å²) >= 11 is 6.40. The molecule has 6 heteroatoms. The highest BCUT2D eigenvalue weighted by atomic mass is 32.1. The van der Waals surface area contributed by atoms with Crippen molar-refractivity contribution in [2.24, 2.45) is 0 Å². The topological polar surface area (TPSA) is 51.3 Å². The summed E-state index contributed by atoms with van der Waals surface area (Å²) in [5.41, 5.74) is 1.35. The molecule has 0 radical (unpaired) electrons. The van der Waals surface area contributed by atoms with Gasteiger partial charge in [-0.3, -0.25) is 4.79 Å². The van der Waals surface area contributed by atoms with E-state index in [0.717, 1.165) is 16.7 Å². The van der Waals surface area contributed by atoms with E-state index in [0.29, 0.717) is 21.1 Å². The zero-order valence-electron chi connectivity index (χ0n) is 9.85. The lowest BCUT2D eigenvalue weighted by Gasteiger charge is -2.08. The van der Waals surface area contributed by atoms with Crippen LogP contribution in [0.5, 0.6) is 11.5 Å². The van der Waals surface area contributed by atoms with Gasteiger partial charge in [-0.2, -0.15) is 0 Å². The molecule has 0 fully saturated rings. The zero-order chi connectivity index (χ0) is 13.1. The first kappa shape index (κ1) is 12.8. The van der Waals surface area contributed by atoms with Crippen LogP contribution in [0.2, 0.25) is 0 Å². The Kier molecular flexibility index (Phi) is 3.78. The van der Waals surface area contributed by atoms with Crippen molar-refractivity contribution in [3.05, 3.63) is 27.8 Å². The van der Waals surface area contributed by atoms with Crippen LogP contribution in [0.1, 0.15) is 10.5 Å². The second kappa shape index (κ2) is 5.32. The lowest BCUT2D eigenvalue weighted by Crippen LogP contribution is -1.91. The Bertz CT molecular complexity index is 630. The van der Waals surface area contributed by atoms with Crippen LogP contribution >= 0.6 is 23.6 Å². The van der Waals surface area contributed by atoms with Gasteiger partial charge in [0.2, 0.25) is 0 Å². The molecular weight excluding hydrogens is 270 g/mol. The van der Waals surface area contributed by atoms with Gasteiger partial charge in [-0.1, -0.05) is 0 Å². The third-order valence-corrected chi connectivity index (χ3v) is 3.74. The summed E-state index contributed by atoms with van der Waals surface area (Å²) in [6.07, 6.45) is 0.762. The van der Waals surface area contributed by atoms with E-state index in [9.17, 15) is 4.79 Å². The van der Waals surface area contributed by atoms with E-state index >= 15 is 0 Å². The zero-order valence-corrected chi connectivity index (χ0v) is 11.5. The van der Waals surface area contributed by atoms with E-state index in [-0.39, 0.29) is 0 Å². The predicted octanol–water partition coefficient (Wildman–Crippen LogP) is 3.30. The smallest absolute Gasteiger partial charge is 0.167 e. The maximum absolute atomic E-state index is 11.0. The first-order chi connectivity index (χ1) is 8.69. The fraction of sp³-hybridized carbons (Fsp3) is 0.167. The van der Waals surface area contributed by atoms with Crippen molar-refractivity contribution in [3.63, 3.8) is 0 Å². The summed E-state index contributed by atoms with van der Waals surface area (Å²) in [5, 5.41) is 0. The minimum absolute atomic E-state index is 0.484. The van der Waals surface area contributed by atoms with Crippen LogP contribution in [-0.4, -0.2) is 25.5 Å². The minimum Gasteiger partial charge on any atom is -0.493 e. The second-order valence-corrected chi connectivity index (χ2v) is 5.13. The number of carbonyl (C=O) groups excluding carboxylic acids is 1. The molecule has 1 aromatic heterocycles. The number of ether oxygens (including phenoxy) is 2. The van der Waals surface area contributed by atoms with Crippen LogP contribution < -0.4 is 9.47 Å². The third kappa shape index (κ3) is 2.30. The molecular formula is C12H11NO3S2. The largest absolute Gasteiger partial charge is 0.493 e. The van der Waals surface area contributed by atoms with Gasteiger partial charge in [-0.05, 0) is 36.0 Å². The van der Waals surface area contributed by atoms with Gasteiger partial charge in [0, 0.05) is 0 Å². The van der Waals surface area contributed by atoms with Gasteiger partial charge >= 0.3 is 0 Å². The number of rotatable bonds is 4. The Morgan fingerprint density at radius 3 is 2.61 bits per heavy atom. The fourth-order valence-electron chi connectivity index (χ4n) is 1.61. The SMILES string of the molecule is COc1ccc(-c2sc(=S)[nH]c2C=O)cc1OC. The molecule has 18 heavy (non-hydrogen) atoms. The normalized spacial score (nSPS) is 10.1. The molecule has 0 saturated heterocycles. The van der Waals surface area contributed by atoms with Crippen LogP contribution in [0.3, 0.4) is 0 Å². The van der Waals surface area contributed by atoms with Crippen molar-refractivity contribution in [3.8, 4) is 21.9 Å². The van der Waals surface area contributed by atoms with Gasteiger partial charge in [0.1, 0.15) is 0 Å². The third-order valence-electron chi connectivity index (χ3n) is 2.44. The number of thiazole rings is 1. The summed E-state index contributed by atoms with van der Waals surface area (Å²) in [7, 11) is 3.15. The molecule has 2 aromatic rings. The van der Waals surface area contributed by atoms with Gasteiger partial charge in [-0.25, -0.2) is 0 Å². The van der Waals surface area contributed by atoms with Crippen LogP contribution in [0, 0.1) is 3.95 Å². The Morgan fingerprint density at radius 1 is 1.28 bits per heavy atom. The van der Waals surface area contributed by atoms with Crippen molar-refractivity contribution >= 4 is 29.8 Å². The van der Waals surface area contributed by atoms with Crippen LogP contribution in [0.25, 0.3) is 10.4 Å². The average molecular weight is 281 g/mol. The minimum atomic E-state index is 0.484. The van der Waals surface area contributed by atoms with E-state index in [1.54, 1.807) is 20.3 Å². The number of aromatic amines is 1. The Morgan fingerprint density at radius 2 is 2.00 bits per heavy atom. The quantitative estimate of drug-likeness (QED) is 0.690. The summed E-state index contributed by atoms with van der Waals surface area (Å²) in [4.78, 5) is 14.6. The number of hydrogen-bond donors (Lipinski definition) is 1. The van der Waals surface area contributed by atoms with E-state index in [1.165, 1.54) is 11.3 Å². The van der Waals surface area contributed by atoms with Crippen molar-refractivity contribution < 1.29 is 14.3 Å². The summed E-state index contributed by atoms with van der Waals surface area (Å²) in [5.74, 6) is 1.26. The number of carbonyl (C=O) groups is 1. The van der Waals surface area contributed by atoms with Gasteiger partial charge in [-0.15, -0.1) is 11.3 Å². The number of nitrogens with one attached hydrogen (secondary N) is 1. The summed E-state index contributed by atoms with van der Waals surface area (Å²) < 4.78 is 11.0. The van der Waals surface area contributed by atoms with Gasteiger partial charge in [0.15, 0.2) is 21.7 Å². The molecule has 0 saturated carbocycles. The van der Waals surface area contributed by atoms with Gasteiger partial charge in [0.25, 0.3) is 0 Å². The standard InChI is InChI=1S/C12H11NO3S2/c1-15-9-4-3-7(5-10(9)16-2)11-8(6-14)13-12(17)18-11/h3-6H,1-2H3,(H,13,17). The predicted molar refractivity (Wildman–Crippen MR) is 73.4 cm³/mol. The van der Waals surface area contributed by atoms with Crippen molar-refractivity contribution in [1.82, 2.24) is 4.98 Å². The highest BCUT2D eigenvalue weighted by Gasteiger charge is 2.11. The molecule has 0 bridgehead atoms. The molecule has 4 nitrogen and oxygen atoms in total. The molecule has 2 rings (SSSR count). The number of aromatic nitrogens is 1. The Labute approximate surface area is 113 Å². The lowest BCUT2D eigenvalue weighted by molar-refractivity contribution is 0.112. The van der Waals surface area contributed by atoms with Crippen molar-refractivity contribution in [2.75, 3.05) is 14.2 Å². The number of hydrogen-bond acceptors (Lipinski definition) is 5. The molecule has 1 aromatic carbocycles. The monoisotopic (exact) mass is 281 g/mol. The van der Waals surface area contributed by atoms with E-state index in [4.69, 9.17) is 21.7 Å². The number of aldehydes is 1. The first-order valence-corrected chi connectivity index (χ1v) is 6.32. The van der Waals surface area contributed by atoms with Crippen molar-refractivity contribution in [2.45, 2.75) is 0 Å².